The average molecular weight is 460 g/mol. The second kappa shape index (κ2) is 9.08. The molecule has 3 heterocycles. The molecule has 0 N–H and O–H groups in total. The van der Waals surface area contributed by atoms with E-state index in [4.69, 9.17) is 4.74 Å². The van der Waals surface area contributed by atoms with E-state index in [1.54, 1.807) is 11.8 Å². The van der Waals surface area contributed by atoms with Crippen molar-refractivity contribution in [1.82, 2.24) is 19.8 Å². The highest BCUT2D eigenvalue weighted by Gasteiger charge is 2.39. The van der Waals surface area contributed by atoms with Crippen molar-refractivity contribution >= 4 is 23.9 Å². The molecule has 2 aliphatic rings. The fraction of sp³-hybridized carbons (Fsp3) is 0.364. The van der Waals surface area contributed by atoms with Crippen molar-refractivity contribution in [3.05, 3.63) is 53.5 Å². The Morgan fingerprint density at radius 1 is 1.15 bits per heavy atom. The minimum atomic E-state index is -0.717. The maximum absolute atomic E-state index is 14.2. The number of pyridine rings is 1. The number of amides is 2. The van der Waals surface area contributed by atoms with E-state index in [0.29, 0.717) is 23.6 Å². The lowest BCUT2D eigenvalue weighted by Crippen LogP contribution is -2.58. The van der Waals surface area contributed by atoms with Crippen LogP contribution >= 0.6 is 0 Å². The molecule has 0 spiro atoms. The topological polar surface area (TPSA) is 73.6 Å². The molecule has 1 aromatic heterocycles. The molecule has 0 saturated carbocycles. The number of ether oxygens (including phenoxy) is 1. The largest absolute Gasteiger partial charge is 0.483 e. The predicted octanol–water partition coefficient (Wildman–Crippen LogP) is 3.73. The van der Waals surface area contributed by atoms with E-state index in [-0.39, 0.29) is 18.8 Å². The van der Waals surface area contributed by atoms with Gasteiger partial charge in [0.1, 0.15) is 23.6 Å². The molecular weight excluding hydrogens is 437 g/mol. The van der Waals surface area contributed by atoms with Crippen LogP contribution in [-0.4, -0.2) is 71.2 Å². The van der Waals surface area contributed by atoms with Crippen LogP contribution in [0.4, 0.5) is 23.8 Å². The second-order valence-electron chi connectivity index (χ2n) is 8.05. The van der Waals surface area contributed by atoms with Crippen molar-refractivity contribution in [3.8, 4) is 5.75 Å². The summed E-state index contributed by atoms with van der Waals surface area (Å²) < 4.78 is 47.1. The number of nitrogens with zero attached hydrogens (tertiary/aromatic N) is 6. The monoisotopic (exact) mass is 460 g/mol. The third-order valence-electron chi connectivity index (χ3n) is 5.44. The SMILES string of the molecule is CC(=Nc1cc(OC2CN(C(=O)N3N=CC[C@H]3c3cc(F)cc(F)c3)C2)c(F)cn1)N(C)C. The summed E-state index contributed by atoms with van der Waals surface area (Å²) in [6.07, 6.45) is 2.50. The molecule has 2 amide bonds. The number of urea groups is 1. The summed E-state index contributed by atoms with van der Waals surface area (Å²) >= 11 is 0. The van der Waals surface area contributed by atoms with Gasteiger partial charge in [-0.05, 0) is 24.6 Å². The number of rotatable bonds is 4. The summed E-state index contributed by atoms with van der Waals surface area (Å²) in [4.78, 5) is 24.4. The van der Waals surface area contributed by atoms with Crippen LogP contribution in [0.25, 0.3) is 0 Å². The molecular formula is C22H23F3N6O2. The van der Waals surface area contributed by atoms with Gasteiger partial charge in [0.15, 0.2) is 17.4 Å². The van der Waals surface area contributed by atoms with E-state index in [0.717, 1.165) is 12.3 Å². The van der Waals surface area contributed by atoms with Crippen molar-refractivity contribution in [2.24, 2.45) is 10.1 Å². The quantitative estimate of drug-likeness (QED) is 0.515. The highest BCUT2D eigenvalue weighted by atomic mass is 19.1. The van der Waals surface area contributed by atoms with Crippen molar-refractivity contribution in [2.75, 3.05) is 27.2 Å². The maximum Gasteiger partial charge on any atom is 0.341 e. The molecule has 0 aliphatic carbocycles. The van der Waals surface area contributed by atoms with E-state index < -0.39 is 35.6 Å². The van der Waals surface area contributed by atoms with Crippen LogP contribution < -0.4 is 4.74 Å². The lowest BCUT2D eigenvalue weighted by Gasteiger charge is -2.41. The van der Waals surface area contributed by atoms with Gasteiger partial charge in [-0.25, -0.2) is 33.0 Å². The zero-order valence-electron chi connectivity index (χ0n) is 18.4. The Labute approximate surface area is 189 Å². The molecule has 2 aromatic rings. The first-order valence-electron chi connectivity index (χ1n) is 10.3. The van der Waals surface area contributed by atoms with Gasteiger partial charge in [0.2, 0.25) is 0 Å². The number of carbonyl (C=O) groups excluding carboxylic acids is 1. The number of aromatic nitrogens is 1. The number of hydrogen-bond acceptors (Lipinski definition) is 5. The molecule has 11 heteroatoms. The van der Waals surface area contributed by atoms with Gasteiger partial charge in [-0.15, -0.1) is 0 Å². The summed E-state index contributed by atoms with van der Waals surface area (Å²) in [5, 5.41) is 5.28. The van der Waals surface area contributed by atoms with Gasteiger partial charge in [0.25, 0.3) is 0 Å². The number of carbonyl (C=O) groups is 1. The molecule has 174 valence electrons. The standard InChI is InChI=1S/C22H23F3N6O2/c1-13(29(2)3)28-21-9-20(18(25)10-26-21)33-17-11-30(12-17)22(32)31-19(4-5-27-31)14-6-15(23)8-16(24)7-14/h5-10,17,19H,4,11-12H2,1-3H3/t19-/m0/s1. The molecule has 0 radical (unpaired) electrons. The first-order chi connectivity index (χ1) is 15.7. The Kier molecular flexibility index (Phi) is 6.21. The number of hydrazone groups is 1. The third kappa shape index (κ3) is 4.91. The van der Waals surface area contributed by atoms with E-state index in [2.05, 4.69) is 15.1 Å². The number of hydrogen-bond donors (Lipinski definition) is 0. The number of aliphatic imine (C=N–C) groups is 1. The first kappa shape index (κ1) is 22.6. The molecule has 8 nitrogen and oxygen atoms in total. The summed E-state index contributed by atoms with van der Waals surface area (Å²) in [5.41, 5.74) is 0.326. The lowest BCUT2D eigenvalue weighted by molar-refractivity contribution is 0.0256. The van der Waals surface area contributed by atoms with Gasteiger partial charge in [-0.3, -0.25) is 0 Å². The summed E-state index contributed by atoms with van der Waals surface area (Å²) in [5.74, 6) is -1.06. The molecule has 0 bridgehead atoms. The Bertz CT molecular complexity index is 1100. The molecule has 0 unspecified atom stereocenters. The van der Waals surface area contributed by atoms with Gasteiger partial charge < -0.3 is 14.5 Å². The molecule has 2 aliphatic heterocycles. The van der Waals surface area contributed by atoms with Crippen LogP contribution in [0.1, 0.15) is 24.9 Å². The van der Waals surface area contributed by atoms with E-state index in [9.17, 15) is 18.0 Å². The van der Waals surface area contributed by atoms with Crippen LogP contribution in [-0.2, 0) is 0 Å². The second-order valence-corrected chi connectivity index (χ2v) is 8.05. The van der Waals surface area contributed by atoms with Gasteiger partial charge >= 0.3 is 6.03 Å². The first-order valence-corrected chi connectivity index (χ1v) is 10.3. The average Bonchev–Trinajstić information content (AvgIpc) is 3.21. The zero-order valence-corrected chi connectivity index (χ0v) is 18.4. The van der Waals surface area contributed by atoms with Crippen molar-refractivity contribution in [2.45, 2.75) is 25.5 Å². The molecule has 33 heavy (non-hydrogen) atoms. The van der Waals surface area contributed by atoms with Crippen LogP contribution in [0.15, 0.2) is 40.6 Å². The van der Waals surface area contributed by atoms with Crippen LogP contribution in [0.2, 0.25) is 0 Å². The van der Waals surface area contributed by atoms with Gasteiger partial charge in [0, 0.05) is 38.9 Å². The molecule has 1 saturated heterocycles. The van der Waals surface area contributed by atoms with E-state index >= 15 is 0 Å². The third-order valence-corrected chi connectivity index (χ3v) is 5.44. The van der Waals surface area contributed by atoms with Gasteiger partial charge in [-0.2, -0.15) is 5.10 Å². The number of halogens is 3. The maximum atomic E-state index is 14.2. The summed E-state index contributed by atoms with van der Waals surface area (Å²) in [6, 6.07) is 3.55. The van der Waals surface area contributed by atoms with Crippen molar-refractivity contribution in [1.29, 1.82) is 0 Å². The van der Waals surface area contributed by atoms with Gasteiger partial charge in [-0.1, -0.05) is 0 Å². The highest BCUT2D eigenvalue weighted by molar-refractivity contribution is 5.81. The van der Waals surface area contributed by atoms with E-state index in [1.165, 1.54) is 34.3 Å². The number of likely N-dealkylation sites (tertiary alicyclic amines) is 1. The minimum absolute atomic E-state index is 0.000268. The van der Waals surface area contributed by atoms with Gasteiger partial charge in [0.05, 0.1) is 25.3 Å². The van der Waals surface area contributed by atoms with E-state index in [1.807, 2.05) is 14.1 Å². The molecule has 1 fully saturated rings. The Hall–Kier alpha value is -3.63. The zero-order chi connectivity index (χ0) is 23.7. The van der Waals surface area contributed by atoms with Crippen LogP contribution in [0.3, 0.4) is 0 Å². The number of amidine groups is 1. The van der Waals surface area contributed by atoms with Crippen LogP contribution in [0.5, 0.6) is 5.75 Å². The lowest BCUT2D eigenvalue weighted by atomic mass is 10.0. The van der Waals surface area contributed by atoms with Crippen molar-refractivity contribution in [3.63, 3.8) is 0 Å². The Morgan fingerprint density at radius 2 is 1.85 bits per heavy atom. The molecule has 4 rings (SSSR count). The normalized spacial score (nSPS) is 18.5. The molecule has 1 aromatic carbocycles. The predicted molar refractivity (Wildman–Crippen MR) is 116 cm³/mol. The minimum Gasteiger partial charge on any atom is -0.483 e. The Morgan fingerprint density at radius 3 is 2.52 bits per heavy atom. The summed E-state index contributed by atoms with van der Waals surface area (Å²) in [6.45, 7) is 2.23. The summed E-state index contributed by atoms with van der Waals surface area (Å²) in [7, 11) is 3.67. The van der Waals surface area contributed by atoms with Crippen LogP contribution in [0, 0.1) is 17.5 Å². The highest BCUT2D eigenvalue weighted by Crippen LogP contribution is 2.32. The van der Waals surface area contributed by atoms with Crippen molar-refractivity contribution < 1.29 is 22.7 Å². The Balaban J connectivity index is 1.39. The fourth-order valence-electron chi connectivity index (χ4n) is 3.46. The number of benzene rings is 1. The fourth-order valence-corrected chi connectivity index (χ4v) is 3.46. The smallest absolute Gasteiger partial charge is 0.341 e. The molecule has 1 atom stereocenters.